The van der Waals surface area contributed by atoms with Crippen molar-refractivity contribution in [2.75, 3.05) is 32.7 Å². The molecule has 19 heavy (non-hydrogen) atoms. The maximum atomic E-state index is 3.70. The van der Waals surface area contributed by atoms with Gasteiger partial charge in [-0.2, -0.15) is 0 Å². The summed E-state index contributed by atoms with van der Waals surface area (Å²) in [7, 11) is 0. The van der Waals surface area contributed by atoms with Gasteiger partial charge < -0.3 is 5.32 Å². The first-order valence-corrected chi connectivity index (χ1v) is 8.26. The van der Waals surface area contributed by atoms with Gasteiger partial charge in [-0.25, -0.2) is 0 Å². The summed E-state index contributed by atoms with van der Waals surface area (Å²) in [4.78, 5) is 5.53. The van der Waals surface area contributed by atoms with E-state index in [4.69, 9.17) is 0 Å². The van der Waals surface area contributed by atoms with Crippen molar-refractivity contribution in [1.29, 1.82) is 0 Å². The first-order chi connectivity index (χ1) is 9.03. The van der Waals surface area contributed by atoms with Gasteiger partial charge in [-0.3, -0.25) is 9.80 Å². The molecule has 2 saturated heterocycles. The first kappa shape index (κ1) is 13.8. The highest BCUT2D eigenvalue weighted by Crippen LogP contribution is 2.34. The van der Waals surface area contributed by atoms with Crippen LogP contribution in [0.3, 0.4) is 0 Å². The van der Waals surface area contributed by atoms with Gasteiger partial charge in [-0.1, -0.05) is 0 Å². The van der Waals surface area contributed by atoms with Crippen molar-refractivity contribution in [3.8, 4) is 0 Å². The van der Waals surface area contributed by atoms with Crippen LogP contribution in [-0.2, 0) is 0 Å². The van der Waals surface area contributed by atoms with Crippen LogP contribution >= 0.6 is 0 Å². The molecule has 0 aromatic heterocycles. The minimum atomic E-state index is 0.268. The van der Waals surface area contributed by atoms with Gasteiger partial charge in [0.25, 0.3) is 0 Å². The molecule has 3 rings (SSSR count). The minimum absolute atomic E-state index is 0.268. The fourth-order valence-electron chi connectivity index (χ4n) is 4.02. The maximum absolute atomic E-state index is 3.70. The molecule has 0 amide bonds. The molecule has 0 spiro atoms. The van der Waals surface area contributed by atoms with Gasteiger partial charge in [0, 0.05) is 37.3 Å². The van der Waals surface area contributed by atoms with Crippen LogP contribution < -0.4 is 5.32 Å². The van der Waals surface area contributed by atoms with Gasteiger partial charge in [0.2, 0.25) is 0 Å². The van der Waals surface area contributed by atoms with Crippen LogP contribution in [0, 0.1) is 5.92 Å². The molecule has 0 radical (unpaired) electrons. The Hall–Kier alpha value is -0.120. The van der Waals surface area contributed by atoms with E-state index in [1.54, 1.807) is 0 Å². The number of piperazine rings is 1. The van der Waals surface area contributed by atoms with Crippen LogP contribution in [0.4, 0.5) is 0 Å². The van der Waals surface area contributed by atoms with Gasteiger partial charge in [0.05, 0.1) is 0 Å². The van der Waals surface area contributed by atoms with E-state index in [1.165, 1.54) is 58.4 Å². The van der Waals surface area contributed by atoms with Crippen LogP contribution in [-0.4, -0.2) is 60.1 Å². The third kappa shape index (κ3) is 3.14. The summed E-state index contributed by atoms with van der Waals surface area (Å²) in [5, 5.41) is 3.70. The van der Waals surface area contributed by atoms with Crippen LogP contribution in [0.2, 0.25) is 0 Å². The molecular weight excluding hydrogens is 234 g/mol. The SMILES string of the molecule is CC(C)(C)NCC1CCC1N1CCN2CCCC2C1. The summed E-state index contributed by atoms with van der Waals surface area (Å²) < 4.78 is 0. The van der Waals surface area contributed by atoms with E-state index in [2.05, 4.69) is 35.9 Å². The van der Waals surface area contributed by atoms with Crippen molar-refractivity contribution in [3.05, 3.63) is 0 Å². The summed E-state index contributed by atoms with van der Waals surface area (Å²) in [6, 6.07) is 1.75. The molecule has 0 bridgehead atoms. The predicted octanol–water partition coefficient (Wildman–Crippen LogP) is 1.93. The topological polar surface area (TPSA) is 18.5 Å². The van der Waals surface area contributed by atoms with Crippen LogP contribution in [0.5, 0.6) is 0 Å². The van der Waals surface area contributed by atoms with E-state index in [0.717, 1.165) is 18.0 Å². The second-order valence-corrected chi connectivity index (χ2v) is 7.86. The van der Waals surface area contributed by atoms with Crippen molar-refractivity contribution >= 4 is 0 Å². The zero-order valence-corrected chi connectivity index (χ0v) is 13.0. The number of fused-ring (bicyclic) bond motifs is 1. The Labute approximate surface area is 118 Å². The Morgan fingerprint density at radius 1 is 1.00 bits per heavy atom. The third-order valence-corrected chi connectivity index (χ3v) is 5.36. The molecule has 1 N–H and O–H groups in total. The molecule has 0 aromatic rings. The molecule has 110 valence electrons. The Morgan fingerprint density at radius 3 is 2.47 bits per heavy atom. The Morgan fingerprint density at radius 2 is 1.79 bits per heavy atom. The van der Waals surface area contributed by atoms with Gasteiger partial charge in [-0.15, -0.1) is 0 Å². The van der Waals surface area contributed by atoms with Crippen LogP contribution in [0.1, 0.15) is 46.5 Å². The molecule has 3 nitrogen and oxygen atoms in total. The largest absolute Gasteiger partial charge is 0.312 e. The molecule has 1 saturated carbocycles. The van der Waals surface area contributed by atoms with E-state index in [1.807, 2.05) is 0 Å². The van der Waals surface area contributed by atoms with E-state index in [0.29, 0.717) is 0 Å². The van der Waals surface area contributed by atoms with E-state index >= 15 is 0 Å². The molecule has 3 fully saturated rings. The molecule has 3 heteroatoms. The molecule has 2 aliphatic heterocycles. The Bertz CT molecular complexity index is 310. The van der Waals surface area contributed by atoms with Gasteiger partial charge in [-0.05, 0) is 65.5 Å². The van der Waals surface area contributed by atoms with Crippen molar-refractivity contribution in [3.63, 3.8) is 0 Å². The number of nitrogens with zero attached hydrogens (tertiary/aromatic N) is 2. The molecule has 3 atom stereocenters. The van der Waals surface area contributed by atoms with Gasteiger partial charge in [0.15, 0.2) is 0 Å². The summed E-state index contributed by atoms with van der Waals surface area (Å²) in [6.45, 7) is 13.4. The fraction of sp³-hybridized carbons (Fsp3) is 1.00. The average molecular weight is 265 g/mol. The monoisotopic (exact) mass is 265 g/mol. The number of hydrogen-bond donors (Lipinski definition) is 1. The highest BCUT2D eigenvalue weighted by atomic mass is 15.3. The van der Waals surface area contributed by atoms with E-state index < -0.39 is 0 Å². The second kappa shape index (κ2) is 5.34. The van der Waals surface area contributed by atoms with Gasteiger partial charge >= 0.3 is 0 Å². The Kier molecular flexibility index (Phi) is 3.89. The van der Waals surface area contributed by atoms with Crippen LogP contribution in [0.15, 0.2) is 0 Å². The van der Waals surface area contributed by atoms with E-state index in [9.17, 15) is 0 Å². The van der Waals surface area contributed by atoms with Crippen molar-refractivity contribution in [1.82, 2.24) is 15.1 Å². The third-order valence-electron chi connectivity index (χ3n) is 5.36. The molecule has 3 aliphatic rings. The standard InChI is InChI=1S/C16H31N3/c1-16(2,3)17-11-13-6-7-15(13)19-10-9-18-8-4-5-14(18)12-19/h13-15,17H,4-12H2,1-3H3. The molecule has 3 unspecified atom stereocenters. The molecule has 0 aromatic carbocycles. The molecular formula is C16H31N3. The molecule has 2 heterocycles. The zero-order valence-electron chi connectivity index (χ0n) is 13.0. The fourth-order valence-corrected chi connectivity index (χ4v) is 4.02. The van der Waals surface area contributed by atoms with Gasteiger partial charge in [0.1, 0.15) is 0 Å². The first-order valence-electron chi connectivity index (χ1n) is 8.26. The lowest BCUT2D eigenvalue weighted by Crippen LogP contribution is -2.59. The maximum Gasteiger partial charge on any atom is 0.0224 e. The lowest BCUT2D eigenvalue weighted by Gasteiger charge is -2.49. The number of rotatable bonds is 3. The summed E-state index contributed by atoms with van der Waals surface area (Å²) in [5.74, 6) is 0.896. The van der Waals surface area contributed by atoms with E-state index in [-0.39, 0.29) is 5.54 Å². The molecule has 1 aliphatic carbocycles. The number of nitrogens with one attached hydrogen (secondary N) is 1. The summed E-state index contributed by atoms with van der Waals surface area (Å²) in [6.07, 6.45) is 5.73. The highest BCUT2D eigenvalue weighted by Gasteiger charge is 2.40. The Balaban J connectivity index is 1.49. The number of hydrogen-bond acceptors (Lipinski definition) is 3. The zero-order chi connectivity index (χ0) is 13.5. The normalized spacial score (nSPS) is 37.1. The van der Waals surface area contributed by atoms with Crippen molar-refractivity contribution in [2.24, 2.45) is 5.92 Å². The van der Waals surface area contributed by atoms with Crippen molar-refractivity contribution < 1.29 is 0 Å². The lowest BCUT2D eigenvalue weighted by molar-refractivity contribution is 0.00482. The summed E-state index contributed by atoms with van der Waals surface area (Å²) >= 11 is 0. The predicted molar refractivity (Wildman–Crippen MR) is 80.4 cm³/mol. The smallest absolute Gasteiger partial charge is 0.0224 e. The highest BCUT2D eigenvalue weighted by molar-refractivity contribution is 4.96. The second-order valence-electron chi connectivity index (χ2n) is 7.86. The minimum Gasteiger partial charge on any atom is -0.312 e. The average Bonchev–Trinajstić information content (AvgIpc) is 2.73. The van der Waals surface area contributed by atoms with Crippen molar-refractivity contribution in [2.45, 2.75) is 64.1 Å². The summed E-state index contributed by atoms with van der Waals surface area (Å²) in [5.41, 5.74) is 0.268. The van der Waals surface area contributed by atoms with Crippen LogP contribution in [0.25, 0.3) is 0 Å². The lowest BCUT2D eigenvalue weighted by atomic mass is 9.77. The quantitative estimate of drug-likeness (QED) is 0.841.